The van der Waals surface area contributed by atoms with Crippen LogP contribution in [-0.4, -0.2) is 25.5 Å². The van der Waals surface area contributed by atoms with Crippen molar-refractivity contribution in [3.05, 3.63) is 34.9 Å². The maximum absolute atomic E-state index is 12.2. The van der Waals surface area contributed by atoms with Crippen LogP contribution < -0.4 is 11.3 Å². The SMILES string of the molecule is Cc1ccc(C)c(CC(NN)C2CCCCS2(=O)=O)c1. The minimum absolute atomic E-state index is 0.208. The van der Waals surface area contributed by atoms with Crippen LogP contribution in [0.5, 0.6) is 0 Å². The zero-order chi connectivity index (χ0) is 14.8. The van der Waals surface area contributed by atoms with Crippen molar-refractivity contribution in [3.8, 4) is 0 Å². The molecule has 3 N–H and O–H groups in total. The van der Waals surface area contributed by atoms with Crippen molar-refractivity contribution < 1.29 is 8.42 Å². The summed E-state index contributed by atoms with van der Waals surface area (Å²) in [6, 6.07) is 6.06. The third kappa shape index (κ3) is 3.40. The summed E-state index contributed by atoms with van der Waals surface area (Å²) in [5.74, 6) is 5.94. The minimum atomic E-state index is -3.02. The molecule has 1 saturated heterocycles. The van der Waals surface area contributed by atoms with E-state index in [0.29, 0.717) is 18.6 Å². The van der Waals surface area contributed by atoms with E-state index in [9.17, 15) is 8.42 Å². The van der Waals surface area contributed by atoms with E-state index in [1.807, 2.05) is 6.92 Å². The molecule has 0 spiro atoms. The van der Waals surface area contributed by atoms with Crippen molar-refractivity contribution >= 4 is 9.84 Å². The number of hydrogen-bond acceptors (Lipinski definition) is 4. The fourth-order valence-corrected chi connectivity index (χ4v) is 5.10. The summed E-state index contributed by atoms with van der Waals surface area (Å²) in [7, 11) is -3.02. The number of nitrogens with two attached hydrogens (primary N) is 1. The Morgan fingerprint density at radius 3 is 2.75 bits per heavy atom. The Morgan fingerprint density at radius 2 is 2.10 bits per heavy atom. The zero-order valence-corrected chi connectivity index (χ0v) is 13.0. The molecule has 0 amide bonds. The molecule has 20 heavy (non-hydrogen) atoms. The lowest BCUT2D eigenvalue weighted by Gasteiger charge is -2.30. The summed E-state index contributed by atoms with van der Waals surface area (Å²) in [5.41, 5.74) is 6.29. The van der Waals surface area contributed by atoms with E-state index >= 15 is 0 Å². The van der Waals surface area contributed by atoms with E-state index in [0.717, 1.165) is 12.8 Å². The first-order chi connectivity index (χ1) is 9.44. The van der Waals surface area contributed by atoms with Crippen LogP contribution in [0.2, 0.25) is 0 Å². The highest BCUT2D eigenvalue weighted by molar-refractivity contribution is 7.92. The van der Waals surface area contributed by atoms with Crippen LogP contribution in [0.25, 0.3) is 0 Å². The molecular weight excluding hydrogens is 272 g/mol. The second kappa shape index (κ2) is 6.24. The van der Waals surface area contributed by atoms with Gasteiger partial charge in [0.1, 0.15) is 0 Å². The minimum Gasteiger partial charge on any atom is -0.271 e. The van der Waals surface area contributed by atoms with Gasteiger partial charge in [-0.1, -0.05) is 30.2 Å². The quantitative estimate of drug-likeness (QED) is 0.654. The zero-order valence-electron chi connectivity index (χ0n) is 12.2. The number of aryl methyl sites for hydroxylation is 2. The summed E-state index contributed by atoms with van der Waals surface area (Å²) in [6.45, 7) is 4.10. The van der Waals surface area contributed by atoms with E-state index in [1.165, 1.54) is 16.7 Å². The largest absolute Gasteiger partial charge is 0.271 e. The van der Waals surface area contributed by atoms with Gasteiger partial charge in [-0.25, -0.2) is 8.42 Å². The second-order valence-corrected chi connectivity index (χ2v) is 8.15. The molecule has 2 rings (SSSR count). The smallest absolute Gasteiger partial charge is 0.154 e. The molecular formula is C15H24N2O2S. The Balaban J connectivity index is 2.22. The average molecular weight is 296 g/mol. The molecule has 2 unspecified atom stereocenters. The van der Waals surface area contributed by atoms with Crippen LogP contribution in [0.1, 0.15) is 36.0 Å². The van der Waals surface area contributed by atoms with Crippen molar-refractivity contribution in [2.75, 3.05) is 5.75 Å². The summed E-state index contributed by atoms with van der Waals surface area (Å²) in [4.78, 5) is 0. The van der Waals surface area contributed by atoms with Gasteiger partial charge in [-0.3, -0.25) is 11.3 Å². The van der Waals surface area contributed by atoms with Gasteiger partial charge in [-0.05, 0) is 44.2 Å². The van der Waals surface area contributed by atoms with E-state index in [-0.39, 0.29) is 11.3 Å². The van der Waals surface area contributed by atoms with Gasteiger partial charge in [0.2, 0.25) is 0 Å². The summed E-state index contributed by atoms with van der Waals surface area (Å²) in [6.07, 6.45) is 3.12. The molecule has 1 heterocycles. The summed E-state index contributed by atoms with van der Waals surface area (Å²) < 4.78 is 24.5. The van der Waals surface area contributed by atoms with Crippen LogP contribution in [0, 0.1) is 13.8 Å². The summed E-state index contributed by atoms with van der Waals surface area (Å²) in [5, 5.41) is -0.360. The van der Waals surface area contributed by atoms with E-state index in [2.05, 4.69) is 30.5 Å². The van der Waals surface area contributed by atoms with Gasteiger partial charge >= 0.3 is 0 Å². The Bertz CT molecular complexity index is 569. The van der Waals surface area contributed by atoms with Crippen molar-refractivity contribution in [3.63, 3.8) is 0 Å². The topological polar surface area (TPSA) is 72.2 Å². The van der Waals surface area contributed by atoms with Crippen LogP contribution in [0.4, 0.5) is 0 Å². The van der Waals surface area contributed by atoms with Gasteiger partial charge < -0.3 is 0 Å². The number of rotatable bonds is 4. The molecule has 1 aromatic carbocycles. The lowest BCUT2D eigenvalue weighted by molar-refractivity contribution is 0.440. The first kappa shape index (κ1) is 15.5. The first-order valence-corrected chi connectivity index (χ1v) is 8.89. The third-order valence-electron chi connectivity index (χ3n) is 4.24. The normalized spacial score (nSPS) is 23.4. The van der Waals surface area contributed by atoms with E-state index in [4.69, 9.17) is 5.84 Å². The second-order valence-electron chi connectivity index (χ2n) is 5.81. The van der Waals surface area contributed by atoms with Crippen molar-refractivity contribution in [1.29, 1.82) is 0 Å². The third-order valence-corrected chi connectivity index (χ3v) is 6.58. The average Bonchev–Trinajstić information content (AvgIpc) is 2.40. The molecule has 0 aromatic heterocycles. The molecule has 5 heteroatoms. The fourth-order valence-electron chi connectivity index (χ4n) is 2.99. The molecule has 1 aromatic rings. The predicted octanol–water partition coefficient (Wildman–Crippen LogP) is 1.65. The Morgan fingerprint density at radius 1 is 1.35 bits per heavy atom. The number of hydrazine groups is 1. The maximum atomic E-state index is 12.2. The molecule has 4 nitrogen and oxygen atoms in total. The molecule has 0 radical (unpaired) electrons. The highest BCUT2D eigenvalue weighted by Crippen LogP contribution is 2.25. The van der Waals surface area contributed by atoms with Gasteiger partial charge in [0, 0.05) is 6.04 Å². The monoisotopic (exact) mass is 296 g/mol. The molecule has 1 aliphatic rings. The number of benzene rings is 1. The lowest BCUT2D eigenvalue weighted by atomic mass is 9.96. The number of nitrogens with one attached hydrogen (secondary N) is 1. The summed E-state index contributed by atoms with van der Waals surface area (Å²) >= 11 is 0. The Kier molecular flexibility index (Phi) is 4.83. The molecule has 0 aliphatic carbocycles. The lowest BCUT2D eigenvalue weighted by Crippen LogP contribution is -2.50. The van der Waals surface area contributed by atoms with Gasteiger partial charge in [-0.15, -0.1) is 0 Å². The van der Waals surface area contributed by atoms with Crippen LogP contribution >= 0.6 is 0 Å². The van der Waals surface area contributed by atoms with Crippen molar-refractivity contribution in [2.24, 2.45) is 5.84 Å². The van der Waals surface area contributed by atoms with Crippen molar-refractivity contribution in [1.82, 2.24) is 5.43 Å². The number of sulfone groups is 1. The van der Waals surface area contributed by atoms with Crippen LogP contribution in [0.3, 0.4) is 0 Å². The van der Waals surface area contributed by atoms with E-state index < -0.39 is 9.84 Å². The maximum Gasteiger partial charge on any atom is 0.154 e. The first-order valence-electron chi connectivity index (χ1n) is 7.18. The molecule has 0 saturated carbocycles. The fraction of sp³-hybridized carbons (Fsp3) is 0.600. The van der Waals surface area contributed by atoms with Crippen molar-refractivity contribution in [2.45, 2.75) is 50.8 Å². The molecule has 1 aliphatic heterocycles. The Labute approximate surface area is 121 Å². The predicted molar refractivity (Wildman–Crippen MR) is 82.2 cm³/mol. The molecule has 112 valence electrons. The van der Waals surface area contributed by atoms with Gasteiger partial charge in [-0.2, -0.15) is 0 Å². The molecule has 0 bridgehead atoms. The van der Waals surface area contributed by atoms with Gasteiger partial charge in [0.15, 0.2) is 9.84 Å². The molecule has 1 fully saturated rings. The van der Waals surface area contributed by atoms with Crippen LogP contribution in [0.15, 0.2) is 18.2 Å². The highest BCUT2D eigenvalue weighted by atomic mass is 32.2. The van der Waals surface area contributed by atoms with Gasteiger partial charge in [0.05, 0.1) is 11.0 Å². The highest BCUT2D eigenvalue weighted by Gasteiger charge is 2.35. The standard InChI is InChI=1S/C15H24N2O2S/c1-11-6-7-12(2)13(9-11)10-14(17-16)15-5-3-4-8-20(15,18)19/h6-7,9,14-15,17H,3-5,8,10,16H2,1-2H3. The number of hydrogen-bond donors (Lipinski definition) is 2. The van der Waals surface area contributed by atoms with E-state index in [1.54, 1.807) is 0 Å². The van der Waals surface area contributed by atoms with Crippen LogP contribution in [-0.2, 0) is 16.3 Å². The Hall–Kier alpha value is -0.910. The molecule has 2 atom stereocenters. The van der Waals surface area contributed by atoms with Gasteiger partial charge in [0.25, 0.3) is 0 Å².